The van der Waals surface area contributed by atoms with E-state index >= 15 is 4.39 Å². The maximum Gasteiger partial charge on any atom is 0.169 e. The van der Waals surface area contributed by atoms with E-state index in [2.05, 4.69) is 0 Å². The van der Waals surface area contributed by atoms with E-state index in [-0.39, 0.29) is 110 Å². The number of Topliss-reactive ketones (excluding diaryl/α,β-unsaturated/α-hetero) is 2. The Morgan fingerprint density at radius 2 is 0.811 bits per heavy atom. The van der Waals surface area contributed by atoms with Gasteiger partial charge in [0.2, 0.25) is 0 Å². The number of rotatable bonds is 35. The first-order valence-electron chi connectivity index (χ1n) is 50.7. The van der Waals surface area contributed by atoms with E-state index < -0.39 is 40.5 Å². The molecule has 780 valence electrons. The smallest absolute Gasteiger partial charge is 0.169 e. The molecule has 6 aliphatic rings. The molecule has 0 unspecified atom stereocenters. The van der Waals surface area contributed by atoms with Crippen LogP contribution in [0.5, 0.6) is 0 Å². The number of ketones is 2. The third-order valence-electron chi connectivity index (χ3n) is 27.6. The third kappa shape index (κ3) is 33.0. The lowest BCUT2D eigenvalue weighted by Gasteiger charge is -2.48. The molecule has 12 aromatic rings. The van der Waals surface area contributed by atoms with Gasteiger partial charge in [-0.2, -0.15) is 0 Å². The van der Waals surface area contributed by atoms with Gasteiger partial charge in [-0.05, 0) is 114 Å². The van der Waals surface area contributed by atoms with Gasteiger partial charge in [0, 0.05) is 132 Å². The minimum absolute atomic E-state index is 0.0104. The maximum atomic E-state index is 15.2. The Morgan fingerprint density at radius 1 is 0.405 bits per heavy atom. The Morgan fingerprint density at radius 3 is 1.31 bits per heavy atom. The molecule has 19 nitrogen and oxygen atoms in total. The fourth-order valence-corrected chi connectivity index (χ4v) is 22.2. The topological polar surface area (TPSA) is 253 Å². The average Bonchev–Trinajstić information content (AvgIpc) is 0.749. The lowest BCUT2D eigenvalue weighted by molar-refractivity contribution is -0.120. The van der Waals surface area contributed by atoms with Gasteiger partial charge in [0.05, 0.1) is 138 Å². The number of ether oxygens (including phenoxy) is 11. The van der Waals surface area contributed by atoms with E-state index in [9.17, 15) is 37.4 Å². The highest BCUT2D eigenvalue weighted by molar-refractivity contribution is 8.14. The number of thiocarbonyl (C=S) groups is 1. The van der Waals surface area contributed by atoms with Crippen LogP contribution >= 0.6 is 35.7 Å². The lowest BCUT2D eigenvalue weighted by atomic mass is 9.62. The summed E-state index contributed by atoms with van der Waals surface area (Å²) in [7, 11) is 0. The van der Waals surface area contributed by atoms with Crippen molar-refractivity contribution >= 4 is 62.4 Å². The monoisotopic (exact) mass is 2070 g/mol. The van der Waals surface area contributed by atoms with Gasteiger partial charge in [-0.3, -0.25) is 19.6 Å². The van der Waals surface area contributed by atoms with Gasteiger partial charge in [-0.15, -0.1) is 11.8 Å². The van der Waals surface area contributed by atoms with Crippen LogP contribution in [-0.2, 0) is 102 Å². The zero-order valence-electron chi connectivity index (χ0n) is 83.3. The Hall–Kier alpha value is -11.0. The van der Waals surface area contributed by atoms with E-state index in [1.165, 1.54) is 42.1 Å². The fourth-order valence-electron chi connectivity index (χ4n) is 19.7. The van der Waals surface area contributed by atoms with Gasteiger partial charge in [0.25, 0.3) is 0 Å². The van der Waals surface area contributed by atoms with Gasteiger partial charge in [-0.25, -0.2) is 22.0 Å². The summed E-state index contributed by atoms with van der Waals surface area (Å²) < 4.78 is 138. The molecule has 6 heterocycles. The molecular formula is C121H133F5N4O15S3. The zero-order chi connectivity index (χ0) is 103. The number of hydrogen-bond acceptors (Lipinski definition) is 22. The van der Waals surface area contributed by atoms with Crippen molar-refractivity contribution in [1.82, 2.24) is 0 Å². The number of carbonyl (C=O) groups is 2. The number of nitrogens with two attached hydrogens (primary N) is 2. The molecule has 6 aliphatic heterocycles. The molecule has 18 rings (SSSR count). The van der Waals surface area contributed by atoms with E-state index in [1.54, 1.807) is 84.6 Å². The fraction of sp³-hybridized carbons (Fsp3) is 0.364. The molecule has 4 fully saturated rings. The summed E-state index contributed by atoms with van der Waals surface area (Å²) in [5, 5.41) is 21.7. The predicted molar refractivity (Wildman–Crippen MR) is 576 cm³/mol. The standard InChI is InChI=1S/C30H31FO4S.C29H30FNO3S.C21H23FN2O2S.C21H25FO3.C20H24FNO3/c31-27-14-8-7-13-25(27)30(18-24(36)17-28(33)23-11-5-2-6-12-23)15-16-35-29(26(30)19-32)21-34-20-22-9-3-1-4-10-22;30-26-14-8-7-13-25(26)27-15-17-34-24(21-33-20-22-9-3-1-4-10-22)16-18-35-29(31-27)19-28(32)23-11-5-2-6-12-23;22-18-9-5-4-8-16(18)21-10-11-26-19(17(21)14-27-20(23)24-21)13-25-12-15-6-2-1-3-7-15;22-21-9-5-4-8-20(21)18-10-13-25-19(11-12-23-15-18)16-24-14-17-6-2-1-3-7-17;21-18-9-5-4-8-16(18)20(22)10-11-25-19(17(20)12-23)14-24-13-15-6-2-1-3-7-15/h1-14,26,29,32H,15-21H2;1-14,24,27H,15-21H2;1-9,17,19H,10-14H2,(H2,23,24);1-9,18-19H,10-16H2;1-9,17,19,23H,10-14,22H2/t26-,29-,30-;24-,27+;17-,19-,21-;18-,19-;17-,19-,20-/m10101/s1. The van der Waals surface area contributed by atoms with Crippen LogP contribution in [0.1, 0.15) is 153 Å². The first kappa shape index (κ1) is 113. The summed E-state index contributed by atoms with van der Waals surface area (Å²) in [6.45, 7) is 7.57. The molecule has 0 aromatic heterocycles. The van der Waals surface area contributed by atoms with Gasteiger partial charge >= 0.3 is 0 Å². The number of fused-ring (bicyclic) bond motifs is 1. The molecule has 148 heavy (non-hydrogen) atoms. The van der Waals surface area contributed by atoms with Crippen LogP contribution in [0.25, 0.3) is 0 Å². The summed E-state index contributed by atoms with van der Waals surface area (Å²) in [6.07, 6.45) is 3.96. The highest BCUT2D eigenvalue weighted by Crippen LogP contribution is 2.50. The number of thioether (sulfide) groups is 2. The molecular weight excluding hydrogens is 1940 g/mol. The van der Waals surface area contributed by atoms with E-state index in [0.29, 0.717) is 187 Å². The molecule has 4 saturated heterocycles. The van der Waals surface area contributed by atoms with Crippen LogP contribution < -0.4 is 11.5 Å². The summed E-state index contributed by atoms with van der Waals surface area (Å²) in [4.78, 5) is 35.9. The van der Waals surface area contributed by atoms with Crippen molar-refractivity contribution in [3.63, 3.8) is 0 Å². The van der Waals surface area contributed by atoms with E-state index in [1.807, 2.05) is 231 Å². The molecule has 0 aliphatic carbocycles. The van der Waals surface area contributed by atoms with Crippen molar-refractivity contribution in [2.75, 3.05) is 104 Å². The second-order valence-corrected chi connectivity index (χ2v) is 40.3. The van der Waals surface area contributed by atoms with Crippen molar-refractivity contribution in [1.29, 1.82) is 0 Å². The first-order valence-corrected chi connectivity index (χ1v) is 53.1. The third-order valence-corrected chi connectivity index (χ3v) is 29.8. The van der Waals surface area contributed by atoms with E-state index in [4.69, 9.17) is 85.8 Å². The molecule has 0 saturated carbocycles. The number of aliphatic imine (C=N–C) groups is 2. The quantitative estimate of drug-likeness (QED) is 0.0164. The summed E-state index contributed by atoms with van der Waals surface area (Å²) in [5.74, 6) is -0.824. The van der Waals surface area contributed by atoms with Crippen LogP contribution in [0.15, 0.2) is 344 Å². The minimum Gasteiger partial charge on any atom is -0.396 e. The summed E-state index contributed by atoms with van der Waals surface area (Å²) >= 11 is 8.78. The zero-order valence-corrected chi connectivity index (χ0v) is 85.8. The van der Waals surface area contributed by atoms with Gasteiger partial charge in [-0.1, -0.05) is 327 Å². The molecule has 6 N–H and O–H groups in total. The Bertz CT molecular complexity index is 6080. The van der Waals surface area contributed by atoms with Crippen molar-refractivity contribution in [2.24, 2.45) is 39.2 Å². The molecule has 27 heteroatoms. The molecule has 0 radical (unpaired) electrons. The summed E-state index contributed by atoms with van der Waals surface area (Å²) in [6, 6.07) is 101. The van der Waals surface area contributed by atoms with Crippen LogP contribution in [-0.4, -0.2) is 171 Å². The number of hydrogen-bond donors (Lipinski definition) is 4. The highest BCUT2D eigenvalue weighted by Gasteiger charge is 2.53. The highest BCUT2D eigenvalue weighted by atomic mass is 32.2. The normalized spacial score (nSPS) is 23.0. The Kier molecular flexibility index (Phi) is 45.3. The van der Waals surface area contributed by atoms with E-state index in [0.717, 1.165) is 63.6 Å². The van der Waals surface area contributed by atoms with Crippen LogP contribution in [0, 0.1) is 46.8 Å². The first-order chi connectivity index (χ1) is 72.4. The van der Waals surface area contributed by atoms with Crippen LogP contribution in [0.4, 0.5) is 22.0 Å². The van der Waals surface area contributed by atoms with Gasteiger partial charge in [0.15, 0.2) is 16.7 Å². The van der Waals surface area contributed by atoms with Crippen molar-refractivity contribution < 1.29 is 93.9 Å². The van der Waals surface area contributed by atoms with Crippen LogP contribution in [0.2, 0.25) is 0 Å². The van der Waals surface area contributed by atoms with Crippen molar-refractivity contribution in [2.45, 2.75) is 156 Å². The van der Waals surface area contributed by atoms with Gasteiger partial charge in [0.1, 0.15) is 29.1 Å². The summed E-state index contributed by atoms with van der Waals surface area (Å²) in [5.41, 5.74) is 19.7. The SMILES string of the molecule is Fc1ccccc1[C@H]1CCO[C@H](COCc2ccccc2)CCOC1.NC1=N[C@@]2(c3ccccc3F)CCO[C@H](COCc3ccccc3)[C@H]2CS1.N[C@@]1(c2ccccc2F)CCO[C@H](COCc2ccccc2)[C@H]1CO.O=C(CC(=S)C[C@@]1(c2ccccc2F)CCO[C@H](COCc2ccccc2)[C@H]1CO)c1ccccc1.O=C(CC1=N[C@@H](c2ccccc2F)CCO[C@H](COCc2ccccc2)CCS1)c1ccccc1. The molecule has 0 bridgehead atoms. The van der Waals surface area contributed by atoms with Crippen LogP contribution in [0.3, 0.4) is 0 Å². The number of aliphatic hydroxyl groups excluding tert-OH is 2. The number of amidine groups is 1. The second-order valence-electron chi connectivity index (χ2n) is 37.5. The molecule has 12 aromatic carbocycles. The largest absolute Gasteiger partial charge is 0.396 e. The number of carbonyl (C=O) groups excluding carboxylic acids is 2. The van der Waals surface area contributed by atoms with Crippen molar-refractivity contribution in [3.05, 3.63) is 429 Å². The average molecular weight is 2070 g/mol. The maximum absolute atomic E-state index is 15.2. The Labute approximate surface area is 879 Å². The number of benzene rings is 12. The molecule has 0 spiro atoms. The lowest BCUT2D eigenvalue weighted by Crippen LogP contribution is -2.57. The minimum atomic E-state index is -0.973. The molecule has 13 atom stereocenters. The molecule has 0 amide bonds. The van der Waals surface area contributed by atoms with Crippen molar-refractivity contribution in [3.8, 4) is 0 Å². The predicted octanol–water partition coefficient (Wildman–Crippen LogP) is 23.0. The number of aliphatic hydroxyl groups is 2. The van der Waals surface area contributed by atoms with Gasteiger partial charge < -0.3 is 73.8 Å². The second kappa shape index (κ2) is 59.6. The Balaban J connectivity index is 0.000000147. The number of halogens is 5. The number of nitrogens with zero attached hydrogens (tertiary/aromatic N) is 2.